The third-order valence-corrected chi connectivity index (χ3v) is 12.8. The van der Waals surface area contributed by atoms with Gasteiger partial charge in [0, 0.05) is 38.6 Å². The maximum atomic E-state index is 14.6. The zero-order valence-electron chi connectivity index (χ0n) is 42.5. The quantitative estimate of drug-likeness (QED) is 0.0253. The summed E-state index contributed by atoms with van der Waals surface area (Å²) in [6.07, 6.45) is 2.88. The number of nitrogens with one attached hydrogen (secondary N) is 6. The van der Waals surface area contributed by atoms with Crippen molar-refractivity contribution in [2.24, 2.45) is 44.0 Å². The Morgan fingerprint density at radius 1 is 0.747 bits per heavy atom. The smallest absolute Gasteiger partial charge is 0.326 e. The minimum absolute atomic E-state index is 0.00291. The standard InChI is InChI=1S/C50H71N13O12/c1-5-28(4)41(47(72)59-36(23-31-25-54-26-56-31)48(73)63-20-10-14-38(63)45(70)60-37(49(74)75)22-29-11-7-6-8-12-29)62-44(69)35(21-30-15-17-32(64)18-16-30)58-46(71)40(27(2)3)61-43(68)34(13-9-19-55-50(52)53)57-42(67)33(51)24-39(65)66/h6-8,11-12,15-18,25-28,31,33-38,40-41,64H,5,9-10,13-14,19-24,51H2,1-4H3,(H,57,67)(H,58,71)(H,59,72)(H,60,70)(H,61,68)(H,62,69)(H,65,66)(H,74,75)(H4,52,53,55)/t28-,31?,33-,34-,35-,36-,37-,38-,40-,41-/m0/s1. The van der Waals surface area contributed by atoms with Crippen LogP contribution in [0.4, 0.5) is 0 Å². The van der Waals surface area contributed by atoms with Crippen LogP contribution in [0.1, 0.15) is 83.8 Å². The van der Waals surface area contributed by atoms with Crippen molar-refractivity contribution in [1.82, 2.24) is 36.8 Å². The highest BCUT2D eigenvalue weighted by atomic mass is 16.4. The van der Waals surface area contributed by atoms with E-state index in [4.69, 9.17) is 17.2 Å². The molecule has 1 fully saturated rings. The number of aromatic hydroxyl groups is 1. The summed E-state index contributed by atoms with van der Waals surface area (Å²) < 4.78 is 0. The molecule has 0 saturated carbocycles. The molecule has 0 aromatic heterocycles. The lowest BCUT2D eigenvalue weighted by molar-refractivity contribution is -0.145. The van der Waals surface area contributed by atoms with Crippen molar-refractivity contribution in [3.63, 3.8) is 0 Å². The van der Waals surface area contributed by atoms with Crippen molar-refractivity contribution >= 4 is 71.8 Å². The first-order valence-electron chi connectivity index (χ1n) is 24.8. The van der Waals surface area contributed by atoms with Gasteiger partial charge in [-0.3, -0.25) is 48.3 Å². The molecule has 1 unspecified atom stereocenters. The molecule has 25 nitrogen and oxygen atoms in total. The van der Waals surface area contributed by atoms with E-state index in [0.29, 0.717) is 24.0 Å². The topological polar surface area (TPSA) is 405 Å². The summed E-state index contributed by atoms with van der Waals surface area (Å²) in [5, 5.41) is 45.1. The Bertz CT molecular complexity index is 2400. The average Bonchev–Trinajstić information content (AvgIpc) is 4.08. The minimum Gasteiger partial charge on any atom is -0.508 e. The minimum atomic E-state index is -1.51. The lowest BCUT2D eigenvalue weighted by Gasteiger charge is -2.32. The highest BCUT2D eigenvalue weighted by Crippen LogP contribution is 2.22. The Labute approximate surface area is 434 Å². The molecule has 25 heteroatoms. The first-order chi connectivity index (χ1) is 35.6. The number of benzene rings is 2. The summed E-state index contributed by atoms with van der Waals surface area (Å²) >= 11 is 0. The van der Waals surface area contributed by atoms with Crippen LogP contribution in [0.15, 0.2) is 69.6 Å². The second kappa shape index (κ2) is 29.1. The van der Waals surface area contributed by atoms with Crippen molar-refractivity contribution in [3.05, 3.63) is 65.7 Å². The number of carboxylic acids is 2. The average molecular weight is 1050 g/mol. The van der Waals surface area contributed by atoms with E-state index in [1.54, 1.807) is 58.0 Å². The predicted octanol–water partition coefficient (Wildman–Crippen LogP) is -1.41. The van der Waals surface area contributed by atoms with Crippen molar-refractivity contribution in [3.8, 4) is 5.75 Å². The van der Waals surface area contributed by atoms with Crippen LogP contribution in [0, 0.1) is 11.8 Å². The van der Waals surface area contributed by atoms with Crippen LogP contribution in [-0.4, -0.2) is 159 Å². The molecule has 2 aliphatic rings. The summed E-state index contributed by atoms with van der Waals surface area (Å²) in [5.41, 5.74) is 17.8. The zero-order chi connectivity index (χ0) is 55.4. The van der Waals surface area contributed by atoms with E-state index in [-0.39, 0.29) is 63.3 Å². The number of phenols is 1. The van der Waals surface area contributed by atoms with Gasteiger partial charge in [0.1, 0.15) is 54.4 Å². The van der Waals surface area contributed by atoms with E-state index in [1.807, 2.05) is 0 Å². The molecule has 4 rings (SSSR count). The second-order valence-electron chi connectivity index (χ2n) is 19.0. The number of nitrogens with two attached hydrogens (primary N) is 3. The fourth-order valence-electron chi connectivity index (χ4n) is 8.38. The molecule has 1 saturated heterocycles. The molecule has 2 aromatic rings. The molecule has 0 spiro atoms. The molecular weight excluding hydrogens is 975 g/mol. The van der Waals surface area contributed by atoms with Gasteiger partial charge in [-0.1, -0.05) is 76.6 Å². The summed E-state index contributed by atoms with van der Waals surface area (Å²) in [5.74, 6) is -9.65. The third-order valence-electron chi connectivity index (χ3n) is 12.8. The van der Waals surface area contributed by atoms with Gasteiger partial charge >= 0.3 is 11.9 Å². The zero-order valence-corrected chi connectivity index (χ0v) is 42.5. The highest BCUT2D eigenvalue weighted by molar-refractivity contribution is 5.98. The van der Waals surface area contributed by atoms with Crippen LogP contribution in [0.25, 0.3) is 0 Å². The Hall–Kier alpha value is -7.96. The van der Waals surface area contributed by atoms with Crippen molar-refractivity contribution in [2.45, 2.75) is 140 Å². The number of hydrogen-bond acceptors (Lipinski definition) is 14. The van der Waals surface area contributed by atoms with Crippen molar-refractivity contribution in [2.75, 3.05) is 13.1 Å². The molecule has 0 bridgehead atoms. The Kier molecular flexibility index (Phi) is 23.1. The molecule has 2 aliphatic heterocycles. The lowest BCUT2D eigenvalue weighted by Crippen LogP contribution is -2.62. The number of rotatable bonds is 29. The number of likely N-dealkylation sites (tertiary alicyclic amines) is 1. The van der Waals surface area contributed by atoms with E-state index in [1.165, 1.54) is 41.7 Å². The van der Waals surface area contributed by atoms with Gasteiger partial charge in [-0.05, 0) is 60.8 Å². The van der Waals surface area contributed by atoms with Crippen LogP contribution in [0.3, 0.4) is 0 Å². The van der Waals surface area contributed by atoms with E-state index < -0.39 is 126 Å². The van der Waals surface area contributed by atoms with E-state index in [9.17, 15) is 58.5 Å². The summed E-state index contributed by atoms with van der Waals surface area (Å²) in [6.45, 7) is 6.90. The third kappa shape index (κ3) is 18.8. The first kappa shape index (κ1) is 59.6. The maximum absolute atomic E-state index is 14.6. The number of nitrogens with zero attached hydrogens (tertiary/aromatic N) is 4. The number of carboxylic acid groups (broad SMARTS) is 2. The van der Waals surface area contributed by atoms with Crippen LogP contribution in [0.5, 0.6) is 5.75 Å². The van der Waals surface area contributed by atoms with Crippen LogP contribution >= 0.6 is 0 Å². The second-order valence-corrected chi connectivity index (χ2v) is 19.0. The fourth-order valence-corrected chi connectivity index (χ4v) is 8.38. The molecular formula is C50H71N13O12. The normalized spacial score (nSPS) is 18.0. The number of carbonyl (C=O) groups excluding carboxylic acids is 7. The van der Waals surface area contributed by atoms with Crippen LogP contribution < -0.4 is 49.1 Å². The largest absolute Gasteiger partial charge is 0.508 e. The molecule has 15 N–H and O–H groups in total. The first-order valence-corrected chi connectivity index (χ1v) is 24.8. The number of carbonyl (C=O) groups is 9. The lowest BCUT2D eigenvalue weighted by atomic mass is 9.96. The molecule has 0 aliphatic carbocycles. The van der Waals surface area contributed by atoms with Gasteiger partial charge in [0.25, 0.3) is 0 Å². The summed E-state index contributed by atoms with van der Waals surface area (Å²) in [4.78, 5) is 136. The Morgan fingerprint density at radius 3 is 1.95 bits per heavy atom. The SMILES string of the molecule is CC[C@H](C)[C@H](NC(=O)[C@H](Cc1ccc(O)cc1)NC(=O)[C@@H](NC(=O)[C@H](CCCN=C(N)N)NC(=O)[C@@H](N)CC(=O)O)C(C)C)C(=O)N[C@@H](CC1C=NC=N1)C(=O)N1CCC[C@H]1C(=O)N[C@@H](Cc1ccccc1)C(=O)O. The fraction of sp³-hybridized carbons (Fsp3) is 0.520. The van der Waals surface area contributed by atoms with Crippen LogP contribution in [0.2, 0.25) is 0 Å². The van der Waals surface area contributed by atoms with E-state index in [0.717, 1.165) is 0 Å². The number of guanidine groups is 1. The van der Waals surface area contributed by atoms with Gasteiger partial charge in [-0.2, -0.15) is 0 Å². The van der Waals surface area contributed by atoms with Gasteiger partial charge in [-0.25, -0.2) is 9.79 Å². The molecule has 7 amide bonds. The summed E-state index contributed by atoms with van der Waals surface area (Å²) in [7, 11) is 0. The predicted molar refractivity (Wildman–Crippen MR) is 276 cm³/mol. The van der Waals surface area contributed by atoms with Gasteiger partial charge in [0.05, 0.1) is 18.5 Å². The van der Waals surface area contributed by atoms with Gasteiger partial charge in [0.2, 0.25) is 41.4 Å². The number of aliphatic imine (C=N–C) groups is 3. The number of amides is 7. The molecule has 10 atom stereocenters. The molecule has 75 heavy (non-hydrogen) atoms. The monoisotopic (exact) mass is 1050 g/mol. The summed E-state index contributed by atoms with van der Waals surface area (Å²) in [6, 6.07) is 3.31. The molecule has 2 heterocycles. The highest BCUT2D eigenvalue weighted by Gasteiger charge is 2.41. The maximum Gasteiger partial charge on any atom is 0.326 e. The van der Waals surface area contributed by atoms with E-state index in [2.05, 4.69) is 46.9 Å². The number of phenolic OH excluding ortho intramolecular Hbond substituents is 1. The van der Waals surface area contributed by atoms with Crippen molar-refractivity contribution < 1.29 is 58.5 Å². The molecule has 408 valence electrons. The van der Waals surface area contributed by atoms with E-state index >= 15 is 0 Å². The molecule has 2 aromatic carbocycles. The molecule has 0 radical (unpaired) electrons. The number of hydrogen-bond donors (Lipinski definition) is 12. The van der Waals surface area contributed by atoms with Crippen molar-refractivity contribution in [1.29, 1.82) is 0 Å². The van der Waals surface area contributed by atoms with Gasteiger partial charge in [0.15, 0.2) is 5.96 Å². The Balaban J connectivity index is 1.59. The number of aliphatic carboxylic acids is 2. The van der Waals surface area contributed by atoms with Gasteiger partial charge < -0.3 is 69.3 Å². The van der Waals surface area contributed by atoms with Crippen LogP contribution in [-0.2, 0) is 56.0 Å². The Morgan fingerprint density at radius 2 is 1.35 bits per heavy atom. The van der Waals surface area contributed by atoms with Gasteiger partial charge in [-0.15, -0.1) is 0 Å².